The summed E-state index contributed by atoms with van der Waals surface area (Å²) in [7, 11) is 0. The van der Waals surface area contributed by atoms with Gasteiger partial charge in [0.05, 0.1) is 5.92 Å². The highest BCUT2D eigenvalue weighted by molar-refractivity contribution is 5.84. The fourth-order valence-electron chi connectivity index (χ4n) is 4.12. The number of amides is 2. The number of hydrogen-bond acceptors (Lipinski definition) is 4. The Balaban J connectivity index is 1.44. The number of piperazine rings is 1. The minimum atomic E-state index is -0.850. The van der Waals surface area contributed by atoms with Gasteiger partial charge < -0.3 is 19.8 Å². The number of piperidine rings is 1. The summed E-state index contributed by atoms with van der Waals surface area (Å²) >= 11 is 0. The van der Waals surface area contributed by atoms with Gasteiger partial charge in [-0.2, -0.15) is 0 Å². The van der Waals surface area contributed by atoms with Gasteiger partial charge in [-0.05, 0) is 24.5 Å². The van der Waals surface area contributed by atoms with E-state index in [1.807, 2.05) is 30.0 Å². The van der Waals surface area contributed by atoms with Crippen molar-refractivity contribution < 1.29 is 19.5 Å². The van der Waals surface area contributed by atoms with Crippen molar-refractivity contribution in [2.24, 2.45) is 11.8 Å². The Kier molecular flexibility index (Phi) is 6.54. The zero-order chi connectivity index (χ0) is 20.1. The van der Waals surface area contributed by atoms with Crippen LogP contribution in [-0.4, -0.2) is 72.0 Å². The van der Waals surface area contributed by atoms with Gasteiger partial charge in [-0.25, -0.2) is 0 Å². The highest BCUT2D eigenvalue weighted by atomic mass is 16.4. The number of hydrogen-bond donors (Lipinski definition) is 1. The van der Waals surface area contributed by atoms with Gasteiger partial charge in [0.2, 0.25) is 11.8 Å². The molecule has 3 rings (SSSR count). The van der Waals surface area contributed by atoms with Crippen molar-refractivity contribution in [3.05, 3.63) is 30.3 Å². The number of benzene rings is 1. The van der Waals surface area contributed by atoms with Crippen LogP contribution in [0.5, 0.6) is 0 Å². The first-order valence-corrected chi connectivity index (χ1v) is 10.0. The van der Waals surface area contributed by atoms with Crippen molar-refractivity contribution in [2.45, 2.75) is 26.2 Å². The van der Waals surface area contributed by atoms with Crippen molar-refractivity contribution in [1.29, 1.82) is 0 Å². The molecule has 2 amide bonds. The Morgan fingerprint density at radius 2 is 1.54 bits per heavy atom. The molecule has 28 heavy (non-hydrogen) atoms. The summed E-state index contributed by atoms with van der Waals surface area (Å²) in [6.45, 7) is 5.68. The Labute approximate surface area is 165 Å². The third-order valence-corrected chi connectivity index (χ3v) is 5.67. The summed E-state index contributed by atoms with van der Waals surface area (Å²) in [5.41, 5.74) is 1.16. The molecule has 1 aromatic rings. The molecule has 0 aromatic heterocycles. The van der Waals surface area contributed by atoms with E-state index in [0.717, 1.165) is 18.8 Å². The highest BCUT2D eigenvalue weighted by Gasteiger charge is 2.32. The third kappa shape index (κ3) is 5.03. The fraction of sp³-hybridized carbons (Fsp3) is 0.571. The maximum atomic E-state index is 12.5. The van der Waals surface area contributed by atoms with Gasteiger partial charge in [0.15, 0.2) is 0 Å². The smallest absolute Gasteiger partial charge is 0.308 e. The van der Waals surface area contributed by atoms with Crippen LogP contribution < -0.4 is 4.90 Å². The van der Waals surface area contributed by atoms with Crippen molar-refractivity contribution in [1.82, 2.24) is 9.80 Å². The number of rotatable bonds is 5. The second-order valence-corrected chi connectivity index (χ2v) is 7.88. The zero-order valence-electron chi connectivity index (χ0n) is 16.4. The molecule has 2 unspecified atom stereocenters. The maximum Gasteiger partial charge on any atom is 0.308 e. The zero-order valence-corrected chi connectivity index (χ0v) is 16.4. The molecule has 1 N–H and O–H groups in total. The van der Waals surface area contributed by atoms with Gasteiger partial charge >= 0.3 is 5.97 Å². The van der Waals surface area contributed by atoms with E-state index in [0.29, 0.717) is 26.1 Å². The van der Waals surface area contributed by atoms with Crippen molar-refractivity contribution in [3.63, 3.8) is 0 Å². The second kappa shape index (κ2) is 9.08. The Hall–Kier alpha value is -2.57. The maximum absolute atomic E-state index is 12.5. The number of aliphatic carboxylic acids is 1. The molecule has 2 fully saturated rings. The SMILES string of the molecule is CC1CC(C(=O)O)CN(C(=O)CCC(=O)N2CCN(c3ccccc3)CC2)C1. The number of carbonyl (C=O) groups is 3. The van der Waals surface area contributed by atoms with Crippen LogP contribution in [0.25, 0.3) is 0 Å². The minimum absolute atomic E-state index is 0.000837. The molecule has 7 heteroatoms. The molecule has 0 bridgehead atoms. The normalized spacial score (nSPS) is 22.8. The molecule has 0 spiro atoms. The van der Waals surface area contributed by atoms with Gasteiger partial charge in [0.25, 0.3) is 0 Å². The van der Waals surface area contributed by atoms with Gasteiger partial charge in [-0.3, -0.25) is 14.4 Å². The number of carbonyl (C=O) groups excluding carboxylic acids is 2. The highest BCUT2D eigenvalue weighted by Crippen LogP contribution is 2.23. The fourth-order valence-corrected chi connectivity index (χ4v) is 4.12. The number of likely N-dealkylation sites (tertiary alicyclic amines) is 1. The molecule has 2 heterocycles. The van der Waals surface area contributed by atoms with E-state index >= 15 is 0 Å². The Morgan fingerprint density at radius 3 is 2.14 bits per heavy atom. The van der Waals surface area contributed by atoms with Crippen LogP contribution in [-0.2, 0) is 14.4 Å². The number of anilines is 1. The molecule has 7 nitrogen and oxygen atoms in total. The number of carboxylic acid groups (broad SMARTS) is 1. The lowest BCUT2D eigenvalue weighted by molar-refractivity contribution is -0.147. The minimum Gasteiger partial charge on any atom is -0.481 e. The van der Waals surface area contributed by atoms with Gasteiger partial charge in [0.1, 0.15) is 0 Å². The summed E-state index contributed by atoms with van der Waals surface area (Å²) in [5.74, 6) is -1.30. The van der Waals surface area contributed by atoms with Crippen molar-refractivity contribution in [3.8, 4) is 0 Å². The molecule has 0 saturated carbocycles. The van der Waals surface area contributed by atoms with Gasteiger partial charge in [-0.1, -0.05) is 25.1 Å². The molecular weight excluding hydrogens is 358 g/mol. The van der Waals surface area contributed by atoms with E-state index in [9.17, 15) is 19.5 Å². The third-order valence-electron chi connectivity index (χ3n) is 5.67. The topological polar surface area (TPSA) is 81.2 Å². The number of nitrogens with zero attached hydrogens (tertiary/aromatic N) is 3. The van der Waals surface area contributed by atoms with E-state index in [2.05, 4.69) is 17.0 Å². The Bertz CT molecular complexity index is 701. The first-order valence-electron chi connectivity index (χ1n) is 10.0. The molecule has 2 atom stereocenters. The summed E-state index contributed by atoms with van der Waals surface area (Å²) in [4.78, 5) is 42.0. The van der Waals surface area contributed by atoms with Gasteiger partial charge in [0, 0.05) is 57.8 Å². The summed E-state index contributed by atoms with van der Waals surface area (Å²) in [5, 5.41) is 9.24. The molecule has 0 aliphatic carbocycles. The number of carboxylic acids is 1. The quantitative estimate of drug-likeness (QED) is 0.831. The molecule has 1 aromatic carbocycles. The van der Waals surface area contributed by atoms with Crippen molar-refractivity contribution >= 4 is 23.5 Å². The molecular formula is C21H29N3O4. The molecule has 2 aliphatic heterocycles. The van der Waals surface area contributed by atoms with Crippen LogP contribution in [0.3, 0.4) is 0 Å². The molecule has 0 radical (unpaired) electrons. The van der Waals surface area contributed by atoms with Crippen molar-refractivity contribution in [2.75, 3.05) is 44.2 Å². The summed E-state index contributed by atoms with van der Waals surface area (Å²) in [6.07, 6.45) is 0.938. The lowest BCUT2D eigenvalue weighted by Gasteiger charge is -2.36. The lowest BCUT2D eigenvalue weighted by Crippen LogP contribution is -2.49. The first-order chi connectivity index (χ1) is 13.4. The molecule has 152 valence electrons. The largest absolute Gasteiger partial charge is 0.481 e. The van der Waals surface area contributed by atoms with Crippen LogP contribution in [0.15, 0.2) is 30.3 Å². The second-order valence-electron chi connectivity index (χ2n) is 7.88. The van der Waals surface area contributed by atoms with Crippen LogP contribution in [0.1, 0.15) is 26.2 Å². The van der Waals surface area contributed by atoms with E-state index < -0.39 is 11.9 Å². The average Bonchev–Trinajstić information content (AvgIpc) is 2.72. The van der Waals surface area contributed by atoms with E-state index in [1.54, 1.807) is 4.90 Å². The van der Waals surface area contributed by atoms with E-state index in [-0.39, 0.29) is 37.1 Å². The lowest BCUT2D eigenvalue weighted by atomic mass is 9.90. The van der Waals surface area contributed by atoms with Gasteiger partial charge in [-0.15, -0.1) is 0 Å². The van der Waals surface area contributed by atoms with Crippen LogP contribution in [0.2, 0.25) is 0 Å². The predicted octanol–water partition coefficient (Wildman–Crippen LogP) is 1.68. The molecule has 2 aliphatic rings. The van der Waals surface area contributed by atoms with Crippen LogP contribution >= 0.6 is 0 Å². The monoisotopic (exact) mass is 387 g/mol. The predicted molar refractivity (Wildman–Crippen MR) is 106 cm³/mol. The summed E-state index contributed by atoms with van der Waals surface area (Å²) in [6, 6.07) is 10.1. The van der Waals surface area contributed by atoms with Crippen LogP contribution in [0, 0.1) is 11.8 Å². The average molecular weight is 387 g/mol. The molecule has 2 saturated heterocycles. The standard InChI is InChI=1S/C21H29N3O4/c1-16-13-17(21(27)28)15-24(14-16)20(26)8-7-19(25)23-11-9-22(10-12-23)18-5-3-2-4-6-18/h2-6,16-17H,7-15H2,1H3,(H,27,28). The van der Waals surface area contributed by atoms with E-state index in [1.165, 1.54) is 0 Å². The van der Waals surface area contributed by atoms with Crippen LogP contribution in [0.4, 0.5) is 5.69 Å². The Morgan fingerprint density at radius 1 is 0.929 bits per heavy atom. The first kappa shape index (κ1) is 20.2. The van der Waals surface area contributed by atoms with E-state index in [4.69, 9.17) is 0 Å². The number of para-hydroxylation sites is 1. The summed E-state index contributed by atoms with van der Waals surface area (Å²) < 4.78 is 0.